The van der Waals surface area contributed by atoms with Gasteiger partial charge in [0.2, 0.25) is 0 Å². The summed E-state index contributed by atoms with van der Waals surface area (Å²) in [5.74, 6) is 0.406. The van der Waals surface area contributed by atoms with Crippen LogP contribution in [0.5, 0.6) is 5.75 Å². The molecule has 1 amide bonds. The highest BCUT2D eigenvalue weighted by atomic mass is 19.1. The molecule has 4 rings (SSSR count). The molecule has 0 aliphatic rings. The lowest BCUT2D eigenvalue weighted by molar-refractivity contribution is -0.117. The molecule has 2 aromatic carbocycles. The Kier molecular flexibility index (Phi) is 6.33. The number of furan rings is 1. The standard InChI is InChI=1S/C25H20FN3O3/c26-20-7-9-21(10-8-20)32-13-11-29-17-19(23-5-1-2-6-24(23)29)14-18(15-27)25(30)28-16-22-4-3-12-31-22/h1-10,12,14,17H,11,13,16H2,(H,28,30)/b18-14+. The minimum atomic E-state index is -0.472. The molecule has 0 aliphatic heterocycles. The van der Waals surface area contributed by atoms with Crippen molar-refractivity contribution in [1.82, 2.24) is 9.88 Å². The van der Waals surface area contributed by atoms with Gasteiger partial charge in [-0.05, 0) is 48.5 Å². The van der Waals surface area contributed by atoms with E-state index in [9.17, 15) is 14.4 Å². The number of nitrogens with one attached hydrogen (secondary N) is 1. The van der Waals surface area contributed by atoms with Crippen molar-refractivity contribution in [2.45, 2.75) is 13.1 Å². The lowest BCUT2D eigenvalue weighted by Gasteiger charge is -2.08. The minimum absolute atomic E-state index is 0.00187. The van der Waals surface area contributed by atoms with Gasteiger partial charge < -0.3 is 19.0 Å². The molecule has 0 saturated heterocycles. The third-order valence-corrected chi connectivity index (χ3v) is 4.90. The maximum Gasteiger partial charge on any atom is 0.262 e. The summed E-state index contributed by atoms with van der Waals surface area (Å²) < 4.78 is 25.9. The van der Waals surface area contributed by atoms with Gasteiger partial charge in [0, 0.05) is 22.7 Å². The third-order valence-electron chi connectivity index (χ3n) is 4.90. The number of carbonyl (C=O) groups is 1. The molecular weight excluding hydrogens is 409 g/mol. The third kappa shape index (κ3) is 4.87. The average molecular weight is 429 g/mol. The van der Waals surface area contributed by atoms with Crippen LogP contribution in [0.15, 0.2) is 83.1 Å². The van der Waals surface area contributed by atoms with Crippen LogP contribution in [0, 0.1) is 17.1 Å². The van der Waals surface area contributed by atoms with Crippen LogP contribution in [0.3, 0.4) is 0 Å². The highest BCUT2D eigenvalue weighted by Crippen LogP contribution is 2.24. The molecule has 0 atom stereocenters. The van der Waals surface area contributed by atoms with Crippen LogP contribution < -0.4 is 10.1 Å². The van der Waals surface area contributed by atoms with E-state index in [1.807, 2.05) is 41.1 Å². The number of hydrogen-bond donors (Lipinski definition) is 1. The number of para-hydroxylation sites is 1. The van der Waals surface area contributed by atoms with Crippen molar-refractivity contribution in [3.8, 4) is 11.8 Å². The van der Waals surface area contributed by atoms with Crippen LogP contribution in [-0.2, 0) is 17.9 Å². The molecule has 0 bridgehead atoms. The molecular formula is C25H20FN3O3. The number of nitrogens with zero attached hydrogens (tertiary/aromatic N) is 2. The van der Waals surface area contributed by atoms with Crippen molar-refractivity contribution in [3.05, 3.63) is 95.8 Å². The first-order valence-corrected chi connectivity index (χ1v) is 10.0. The van der Waals surface area contributed by atoms with Crippen molar-refractivity contribution < 1.29 is 18.3 Å². The van der Waals surface area contributed by atoms with Crippen molar-refractivity contribution in [1.29, 1.82) is 5.26 Å². The number of carbonyl (C=O) groups excluding carboxylic acids is 1. The van der Waals surface area contributed by atoms with Gasteiger partial charge in [-0.3, -0.25) is 4.79 Å². The number of ether oxygens (including phenoxy) is 1. The van der Waals surface area contributed by atoms with Gasteiger partial charge in [0.05, 0.1) is 19.4 Å². The first-order valence-electron chi connectivity index (χ1n) is 10.0. The molecule has 2 aromatic heterocycles. The Morgan fingerprint density at radius 3 is 2.72 bits per heavy atom. The van der Waals surface area contributed by atoms with Gasteiger partial charge in [0.15, 0.2) is 0 Å². The van der Waals surface area contributed by atoms with E-state index in [1.54, 1.807) is 30.3 Å². The Morgan fingerprint density at radius 1 is 1.16 bits per heavy atom. The van der Waals surface area contributed by atoms with Crippen molar-refractivity contribution >= 4 is 22.9 Å². The molecule has 0 spiro atoms. The molecule has 6 nitrogen and oxygen atoms in total. The summed E-state index contributed by atoms with van der Waals surface area (Å²) >= 11 is 0. The summed E-state index contributed by atoms with van der Waals surface area (Å²) in [5, 5.41) is 13.1. The number of nitriles is 1. The second-order valence-electron chi connectivity index (χ2n) is 7.03. The number of fused-ring (bicyclic) bond motifs is 1. The molecule has 0 unspecified atom stereocenters. The minimum Gasteiger partial charge on any atom is -0.492 e. The summed E-state index contributed by atoms with van der Waals surface area (Å²) in [6.45, 7) is 1.12. The van der Waals surface area contributed by atoms with Crippen LogP contribution in [0.4, 0.5) is 4.39 Å². The van der Waals surface area contributed by atoms with E-state index >= 15 is 0 Å². The fourth-order valence-corrected chi connectivity index (χ4v) is 3.35. The van der Waals surface area contributed by atoms with Gasteiger partial charge in [-0.2, -0.15) is 5.26 Å². The highest BCUT2D eigenvalue weighted by molar-refractivity contribution is 6.04. The molecule has 0 aliphatic carbocycles. The molecule has 32 heavy (non-hydrogen) atoms. The normalized spacial score (nSPS) is 11.3. The summed E-state index contributed by atoms with van der Waals surface area (Å²) in [7, 11) is 0. The smallest absolute Gasteiger partial charge is 0.262 e. The Bertz CT molecular complexity index is 1280. The van der Waals surface area contributed by atoms with Crippen LogP contribution in [0.1, 0.15) is 11.3 Å². The van der Waals surface area contributed by atoms with Crippen LogP contribution in [-0.4, -0.2) is 17.1 Å². The van der Waals surface area contributed by atoms with E-state index in [0.717, 1.165) is 16.5 Å². The topological polar surface area (TPSA) is 80.2 Å². The van der Waals surface area contributed by atoms with E-state index in [-0.39, 0.29) is 17.9 Å². The summed E-state index contributed by atoms with van der Waals surface area (Å²) in [5.41, 5.74) is 1.71. The molecule has 0 fully saturated rings. The van der Waals surface area contributed by atoms with Gasteiger partial charge in [0.1, 0.15) is 35.6 Å². The summed E-state index contributed by atoms with van der Waals surface area (Å²) in [4.78, 5) is 12.5. The fourth-order valence-electron chi connectivity index (χ4n) is 3.35. The largest absolute Gasteiger partial charge is 0.492 e. The SMILES string of the molecule is N#C/C(=C\c1cn(CCOc2ccc(F)cc2)c2ccccc12)C(=O)NCc1ccco1. The van der Waals surface area contributed by atoms with E-state index in [1.165, 1.54) is 18.4 Å². The monoisotopic (exact) mass is 429 g/mol. The summed E-state index contributed by atoms with van der Waals surface area (Å²) in [6.07, 6.45) is 4.99. The lowest BCUT2D eigenvalue weighted by atomic mass is 10.1. The van der Waals surface area contributed by atoms with Gasteiger partial charge in [-0.1, -0.05) is 18.2 Å². The number of hydrogen-bond acceptors (Lipinski definition) is 4. The van der Waals surface area contributed by atoms with Crippen LogP contribution >= 0.6 is 0 Å². The van der Waals surface area contributed by atoms with Crippen molar-refractivity contribution in [2.75, 3.05) is 6.61 Å². The molecule has 0 saturated carbocycles. The van der Waals surface area contributed by atoms with Gasteiger partial charge in [0.25, 0.3) is 5.91 Å². The number of benzene rings is 2. The van der Waals surface area contributed by atoms with Crippen LogP contribution in [0.25, 0.3) is 17.0 Å². The number of aromatic nitrogens is 1. The van der Waals surface area contributed by atoms with Gasteiger partial charge in [-0.15, -0.1) is 0 Å². The van der Waals surface area contributed by atoms with Crippen LogP contribution in [0.2, 0.25) is 0 Å². The molecule has 2 heterocycles. The number of halogens is 1. The zero-order valence-electron chi connectivity index (χ0n) is 17.1. The highest BCUT2D eigenvalue weighted by Gasteiger charge is 2.13. The first kappa shape index (κ1) is 20.9. The molecule has 7 heteroatoms. The van der Waals surface area contributed by atoms with E-state index in [2.05, 4.69) is 5.32 Å². The maximum atomic E-state index is 13.0. The fraction of sp³-hybridized carbons (Fsp3) is 0.120. The first-order chi connectivity index (χ1) is 15.6. The second kappa shape index (κ2) is 9.67. The van der Waals surface area contributed by atoms with E-state index in [0.29, 0.717) is 24.7 Å². The Hall–Kier alpha value is -4.31. The quantitative estimate of drug-likeness (QED) is 0.326. The predicted molar refractivity (Wildman–Crippen MR) is 118 cm³/mol. The summed E-state index contributed by atoms with van der Waals surface area (Å²) in [6, 6.07) is 19.1. The average Bonchev–Trinajstić information content (AvgIpc) is 3.45. The number of amides is 1. The van der Waals surface area contributed by atoms with Crippen molar-refractivity contribution in [3.63, 3.8) is 0 Å². The Labute approximate surface area is 184 Å². The predicted octanol–water partition coefficient (Wildman–Crippen LogP) is 4.68. The van der Waals surface area contributed by atoms with Gasteiger partial charge >= 0.3 is 0 Å². The zero-order valence-corrected chi connectivity index (χ0v) is 17.1. The second-order valence-corrected chi connectivity index (χ2v) is 7.03. The van der Waals surface area contributed by atoms with E-state index < -0.39 is 5.91 Å². The van der Waals surface area contributed by atoms with Gasteiger partial charge in [-0.25, -0.2) is 4.39 Å². The Morgan fingerprint density at radius 2 is 1.97 bits per heavy atom. The number of rotatable bonds is 8. The zero-order chi connectivity index (χ0) is 22.3. The Balaban J connectivity index is 1.51. The van der Waals surface area contributed by atoms with E-state index in [4.69, 9.17) is 9.15 Å². The molecule has 1 N–H and O–H groups in total. The van der Waals surface area contributed by atoms with Crippen molar-refractivity contribution in [2.24, 2.45) is 0 Å². The molecule has 160 valence electrons. The lowest BCUT2D eigenvalue weighted by Crippen LogP contribution is -2.23. The maximum absolute atomic E-state index is 13.0. The molecule has 4 aromatic rings. The molecule has 0 radical (unpaired) electrons.